The Morgan fingerprint density at radius 2 is 2.37 bits per heavy atom. The minimum atomic E-state index is -0.480. The first-order valence-electron chi connectivity index (χ1n) is 6.12. The quantitative estimate of drug-likeness (QED) is 0.826. The van der Waals surface area contributed by atoms with E-state index in [-0.39, 0.29) is 19.1 Å². The summed E-state index contributed by atoms with van der Waals surface area (Å²) in [6, 6.07) is 3.84. The maximum Gasteiger partial charge on any atom is 0.244 e. The van der Waals surface area contributed by atoms with E-state index < -0.39 is 11.9 Å². The largest absolute Gasteiger partial charge is 0.392 e. The van der Waals surface area contributed by atoms with Gasteiger partial charge in [-0.2, -0.15) is 0 Å². The predicted molar refractivity (Wildman–Crippen MR) is 68.3 cm³/mol. The SMILES string of the molecule is CNC(=O)C1COCCN1c1cc(F)cc(CO)c1. The van der Waals surface area contributed by atoms with Crippen LogP contribution in [0, 0.1) is 5.82 Å². The number of aliphatic hydroxyl groups excluding tert-OH is 1. The van der Waals surface area contributed by atoms with E-state index in [4.69, 9.17) is 9.84 Å². The molecule has 0 spiro atoms. The molecule has 1 aromatic rings. The molecule has 6 heteroatoms. The highest BCUT2D eigenvalue weighted by atomic mass is 19.1. The van der Waals surface area contributed by atoms with Gasteiger partial charge in [0.1, 0.15) is 11.9 Å². The highest BCUT2D eigenvalue weighted by Gasteiger charge is 2.29. The Balaban J connectivity index is 2.31. The highest BCUT2D eigenvalue weighted by molar-refractivity contribution is 5.85. The molecule has 1 atom stereocenters. The van der Waals surface area contributed by atoms with Gasteiger partial charge in [-0.1, -0.05) is 0 Å². The van der Waals surface area contributed by atoms with Crippen LogP contribution in [0.3, 0.4) is 0 Å². The number of rotatable bonds is 3. The number of nitrogens with zero attached hydrogens (tertiary/aromatic N) is 1. The topological polar surface area (TPSA) is 61.8 Å². The summed E-state index contributed by atoms with van der Waals surface area (Å²) in [5, 5.41) is 11.7. The molecule has 0 aromatic heterocycles. The predicted octanol–water partition coefficient (Wildman–Crippen LogP) is 0.269. The molecule has 1 heterocycles. The Labute approximate surface area is 111 Å². The van der Waals surface area contributed by atoms with Crippen molar-refractivity contribution in [1.29, 1.82) is 0 Å². The van der Waals surface area contributed by atoms with Gasteiger partial charge < -0.3 is 20.1 Å². The molecule has 19 heavy (non-hydrogen) atoms. The molecule has 2 rings (SSSR count). The first-order valence-corrected chi connectivity index (χ1v) is 6.12. The fourth-order valence-electron chi connectivity index (χ4n) is 2.19. The molecule has 0 saturated carbocycles. The van der Waals surface area contributed by atoms with E-state index in [1.54, 1.807) is 18.0 Å². The molecule has 0 aliphatic carbocycles. The van der Waals surface area contributed by atoms with E-state index >= 15 is 0 Å². The molecule has 0 bridgehead atoms. The first-order chi connectivity index (χ1) is 9.15. The molecular weight excluding hydrogens is 251 g/mol. The van der Waals surface area contributed by atoms with E-state index in [0.29, 0.717) is 24.4 Å². The van der Waals surface area contributed by atoms with Gasteiger partial charge in [-0.25, -0.2) is 4.39 Å². The van der Waals surface area contributed by atoms with Crippen molar-refractivity contribution in [1.82, 2.24) is 5.32 Å². The lowest BCUT2D eigenvalue weighted by atomic mass is 10.1. The summed E-state index contributed by atoms with van der Waals surface area (Å²) >= 11 is 0. The van der Waals surface area contributed by atoms with Crippen LogP contribution in [0.15, 0.2) is 18.2 Å². The molecule has 1 fully saturated rings. The average molecular weight is 268 g/mol. The number of benzene rings is 1. The van der Waals surface area contributed by atoms with Crippen molar-refractivity contribution in [2.24, 2.45) is 0 Å². The Hall–Kier alpha value is -1.66. The zero-order chi connectivity index (χ0) is 13.8. The number of carbonyl (C=O) groups excluding carboxylic acids is 1. The smallest absolute Gasteiger partial charge is 0.244 e. The molecule has 1 unspecified atom stereocenters. The number of morpholine rings is 1. The zero-order valence-corrected chi connectivity index (χ0v) is 10.7. The molecule has 2 N–H and O–H groups in total. The lowest BCUT2D eigenvalue weighted by molar-refractivity contribution is -0.124. The molecule has 1 aliphatic heterocycles. The fraction of sp³-hybridized carbons (Fsp3) is 0.462. The summed E-state index contributed by atoms with van der Waals surface area (Å²) in [5.41, 5.74) is 1.07. The van der Waals surface area contributed by atoms with Gasteiger partial charge in [-0.15, -0.1) is 0 Å². The van der Waals surface area contributed by atoms with Gasteiger partial charge in [0.05, 0.1) is 19.8 Å². The lowest BCUT2D eigenvalue weighted by Gasteiger charge is -2.36. The summed E-state index contributed by atoms with van der Waals surface area (Å²) in [6.45, 7) is 1.02. The van der Waals surface area contributed by atoms with E-state index in [9.17, 15) is 9.18 Å². The number of anilines is 1. The number of nitrogens with one attached hydrogen (secondary N) is 1. The molecule has 104 valence electrons. The second-order valence-corrected chi connectivity index (χ2v) is 4.37. The Morgan fingerprint density at radius 1 is 1.58 bits per heavy atom. The van der Waals surface area contributed by atoms with Crippen LogP contribution in [0.5, 0.6) is 0 Å². The van der Waals surface area contributed by atoms with Crippen molar-refractivity contribution in [3.8, 4) is 0 Å². The molecule has 1 amide bonds. The van der Waals surface area contributed by atoms with Gasteiger partial charge in [-0.3, -0.25) is 4.79 Å². The summed E-state index contributed by atoms with van der Waals surface area (Å²) in [6.07, 6.45) is 0. The van der Waals surface area contributed by atoms with Gasteiger partial charge in [0.15, 0.2) is 0 Å². The van der Waals surface area contributed by atoms with Crippen molar-refractivity contribution in [3.05, 3.63) is 29.6 Å². The molecule has 1 aromatic carbocycles. The van der Waals surface area contributed by atoms with Crippen molar-refractivity contribution in [2.45, 2.75) is 12.6 Å². The number of aliphatic hydroxyl groups is 1. The molecule has 0 radical (unpaired) electrons. The third kappa shape index (κ3) is 3.02. The third-order valence-corrected chi connectivity index (χ3v) is 3.13. The van der Waals surface area contributed by atoms with Crippen molar-refractivity contribution < 1.29 is 19.0 Å². The van der Waals surface area contributed by atoms with E-state index in [1.807, 2.05) is 0 Å². The summed E-state index contributed by atoms with van der Waals surface area (Å²) < 4.78 is 18.8. The van der Waals surface area contributed by atoms with Gasteiger partial charge in [0.2, 0.25) is 5.91 Å². The summed E-state index contributed by atoms with van der Waals surface area (Å²) in [4.78, 5) is 13.6. The van der Waals surface area contributed by atoms with Crippen LogP contribution in [0.2, 0.25) is 0 Å². The van der Waals surface area contributed by atoms with Gasteiger partial charge >= 0.3 is 0 Å². The fourth-order valence-corrected chi connectivity index (χ4v) is 2.19. The van der Waals surface area contributed by atoms with Crippen molar-refractivity contribution in [2.75, 3.05) is 31.7 Å². The van der Waals surface area contributed by atoms with E-state index in [2.05, 4.69) is 5.32 Å². The number of carbonyl (C=O) groups is 1. The van der Waals surface area contributed by atoms with Crippen LogP contribution in [-0.4, -0.2) is 43.9 Å². The minimum absolute atomic E-state index is 0.172. The van der Waals surface area contributed by atoms with Crippen LogP contribution >= 0.6 is 0 Å². The zero-order valence-electron chi connectivity index (χ0n) is 10.7. The van der Waals surface area contributed by atoms with E-state index in [1.165, 1.54) is 12.1 Å². The summed E-state index contributed by atoms with van der Waals surface area (Å²) in [7, 11) is 1.56. The second-order valence-electron chi connectivity index (χ2n) is 4.37. The number of hydrogen-bond donors (Lipinski definition) is 2. The Bertz CT molecular complexity index is 467. The number of hydrogen-bond acceptors (Lipinski definition) is 4. The molecule has 1 aliphatic rings. The Morgan fingerprint density at radius 3 is 3.05 bits per heavy atom. The first kappa shape index (κ1) is 13.8. The monoisotopic (exact) mass is 268 g/mol. The number of ether oxygens (including phenoxy) is 1. The van der Waals surface area contributed by atoms with Crippen LogP contribution in [0.1, 0.15) is 5.56 Å². The van der Waals surface area contributed by atoms with Crippen LogP contribution in [0.25, 0.3) is 0 Å². The minimum Gasteiger partial charge on any atom is -0.392 e. The van der Waals surface area contributed by atoms with Crippen molar-refractivity contribution >= 4 is 11.6 Å². The molecule has 1 saturated heterocycles. The van der Waals surface area contributed by atoms with Crippen LogP contribution in [0.4, 0.5) is 10.1 Å². The maximum atomic E-state index is 13.5. The lowest BCUT2D eigenvalue weighted by Crippen LogP contribution is -2.53. The number of likely N-dealkylation sites (N-methyl/N-ethyl adjacent to an activating group) is 1. The van der Waals surface area contributed by atoms with Crippen LogP contribution < -0.4 is 10.2 Å². The normalized spacial score (nSPS) is 19.3. The second kappa shape index (κ2) is 5.99. The number of halogens is 1. The van der Waals surface area contributed by atoms with E-state index in [0.717, 1.165) is 0 Å². The molecule has 5 nitrogen and oxygen atoms in total. The molecular formula is C13H17FN2O3. The van der Waals surface area contributed by atoms with Crippen molar-refractivity contribution in [3.63, 3.8) is 0 Å². The van der Waals surface area contributed by atoms with Gasteiger partial charge in [0.25, 0.3) is 0 Å². The highest BCUT2D eigenvalue weighted by Crippen LogP contribution is 2.23. The third-order valence-electron chi connectivity index (χ3n) is 3.13. The van der Waals surface area contributed by atoms with Crippen LogP contribution in [-0.2, 0) is 16.1 Å². The Kier molecular flexibility index (Phi) is 4.34. The van der Waals surface area contributed by atoms with Gasteiger partial charge in [-0.05, 0) is 23.8 Å². The number of amides is 1. The maximum absolute atomic E-state index is 13.5. The van der Waals surface area contributed by atoms with Gasteiger partial charge in [0, 0.05) is 19.3 Å². The summed E-state index contributed by atoms with van der Waals surface area (Å²) in [5.74, 6) is -0.599. The standard InChI is InChI=1S/C13H17FN2O3/c1-15-13(18)12-8-19-3-2-16(12)11-5-9(7-17)4-10(14)6-11/h4-6,12,17H,2-3,7-8H2,1H3,(H,15,18). The average Bonchev–Trinajstić information content (AvgIpc) is 2.45.